The molecule has 0 atom stereocenters. The van der Waals surface area contributed by atoms with Gasteiger partial charge >= 0.3 is 5.97 Å². The van der Waals surface area contributed by atoms with E-state index >= 15 is 0 Å². The Labute approximate surface area is 118 Å². The number of carbonyl (C=O) groups is 1. The van der Waals surface area contributed by atoms with E-state index in [1.807, 2.05) is 18.2 Å². The van der Waals surface area contributed by atoms with Gasteiger partial charge in [-0.15, -0.1) is 11.3 Å². The largest absolute Gasteiger partial charge is 0.461 e. The molecule has 0 fully saturated rings. The normalized spacial score (nSPS) is 10.8. The molecule has 0 bridgehead atoms. The van der Waals surface area contributed by atoms with Gasteiger partial charge < -0.3 is 10.5 Å². The predicted molar refractivity (Wildman–Crippen MR) is 77.1 cm³/mol. The van der Waals surface area contributed by atoms with Crippen molar-refractivity contribution in [3.05, 3.63) is 35.7 Å². The summed E-state index contributed by atoms with van der Waals surface area (Å²) in [6.07, 6.45) is 1.52. The molecular formula is C13H12N4O2S. The van der Waals surface area contributed by atoms with E-state index in [1.54, 1.807) is 28.3 Å². The molecule has 0 saturated heterocycles. The summed E-state index contributed by atoms with van der Waals surface area (Å²) in [5.41, 5.74) is 9.67. The maximum absolute atomic E-state index is 11.7. The molecule has 2 N–H and O–H groups in total. The van der Waals surface area contributed by atoms with Crippen LogP contribution in [0.25, 0.3) is 15.9 Å². The van der Waals surface area contributed by atoms with E-state index < -0.39 is 5.97 Å². The fraction of sp³-hybridized carbons (Fsp3) is 0.154. The summed E-state index contributed by atoms with van der Waals surface area (Å²) in [6.45, 7) is 2.03. The van der Waals surface area contributed by atoms with Gasteiger partial charge in [-0.3, -0.25) is 4.57 Å². The number of fused-ring (bicyclic) bond motifs is 1. The number of aromatic nitrogens is 3. The molecule has 0 radical (unpaired) electrons. The number of benzene rings is 1. The maximum Gasteiger partial charge on any atom is 0.360 e. The third-order valence-corrected chi connectivity index (χ3v) is 3.66. The highest BCUT2D eigenvalue weighted by Crippen LogP contribution is 2.24. The lowest BCUT2D eigenvalue weighted by atomic mass is 10.3. The number of imidazole rings is 1. The van der Waals surface area contributed by atoms with E-state index in [0.29, 0.717) is 0 Å². The minimum atomic E-state index is -0.511. The zero-order valence-electron chi connectivity index (χ0n) is 10.7. The monoisotopic (exact) mass is 288 g/mol. The van der Waals surface area contributed by atoms with Crippen LogP contribution in [0.1, 0.15) is 17.4 Å². The van der Waals surface area contributed by atoms with Crippen LogP contribution in [-0.4, -0.2) is 27.1 Å². The molecule has 20 heavy (non-hydrogen) atoms. The number of hydrogen-bond acceptors (Lipinski definition) is 6. The molecule has 7 heteroatoms. The quantitative estimate of drug-likeness (QED) is 0.747. The minimum absolute atomic E-state index is 0.135. The first kappa shape index (κ1) is 12.6. The second kappa shape index (κ2) is 4.93. The molecule has 102 valence electrons. The van der Waals surface area contributed by atoms with Crippen LogP contribution in [0.4, 0.5) is 5.82 Å². The van der Waals surface area contributed by atoms with Gasteiger partial charge in [-0.1, -0.05) is 0 Å². The Hall–Kier alpha value is -2.41. The lowest BCUT2D eigenvalue weighted by molar-refractivity contribution is 0.0521. The van der Waals surface area contributed by atoms with E-state index in [0.717, 1.165) is 15.9 Å². The molecule has 0 aliphatic rings. The van der Waals surface area contributed by atoms with Gasteiger partial charge in [0.1, 0.15) is 12.1 Å². The molecule has 0 spiro atoms. The summed E-state index contributed by atoms with van der Waals surface area (Å²) < 4.78 is 7.62. The van der Waals surface area contributed by atoms with Crippen LogP contribution in [0, 0.1) is 0 Å². The molecule has 6 nitrogen and oxygen atoms in total. The van der Waals surface area contributed by atoms with E-state index in [1.165, 1.54) is 6.33 Å². The average molecular weight is 288 g/mol. The highest BCUT2D eigenvalue weighted by molar-refractivity contribution is 7.16. The number of esters is 1. The predicted octanol–water partition coefficient (Wildman–Crippen LogP) is 2.24. The molecular weight excluding hydrogens is 276 g/mol. The lowest BCUT2D eigenvalue weighted by Gasteiger charge is -2.05. The van der Waals surface area contributed by atoms with Crippen LogP contribution in [0.3, 0.4) is 0 Å². The zero-order valence-corrected chi connectivity index (χ0v) is 11.6. The first-order valence-corrected chi connectivity index (χ1v) is 6.92. The Bertz CT molecular complexity index is 778. The van der Waals surface area contributed by atoms with Gasteiger partial charge in [0.15, 0.2) is 5.69 Å². The summed E-state index contributed by atoms with van der Waals surface area (Å²) >= 11 is 1.55. The SMILES string of the molecule is CCOC(=O)c1ncn(-c2ccc3ncsc3c2)c1N. The van der Waals surface area contributed by atoms with Crippen molar-refractivity contribution in [1.82, 2.24) is 14.5 Å². The second-order valence-corrected chi connectivity index (χ2v) is 4.96. The van der Waals surface area contributed by atoms with Crippen LogP contribution >= 0.6 is 11.3 Å². The summed E-state index contributed by atoms with van der Waals surface area (Å²) in [6, 6.07) is 5.75. The third-order valence-electron chi connectivity index (χ3n) is 2.87. The maximum atomic E-state index is 11.7. The number of thiazole rings is 1. The third kappa shape index (κ3) is 2.01. The second-order valence-electron chi connectivity index (χ2n) is 4.07. The van der Waals surface area contributed by atoms with Gasteiger partial charge in [0.05, 0.1) is 28.0 Å². The van der Waals surface area contributed by atoms with Crippen molar-refractivity contribution in [2.24, 2.45) is 0 Å². The highest BCUT2D eigenvalue weighted by atomic mass is 32.1. The van der Waals surface area contributed by atoms with Crippen molar-refractivity contribution < 1.29 is 9.53 Å². The van der Waals surface area contributed by atoms with Gasteiger partial charge in [-0.05, 0) is 25.1 Å². The summed E-state index contributed by atoms with van der Waals surface area (Å²) in [7, 11) is 0. The number of hydrogen-bond donors (Lipinski definition) is 1. The molecule has 0 aliphatic heterocycles. The smallest absolute Gasteiger partial charge is 0.360 e. The number of anilines is 1. The van der Waals surface area contributed by atoms with Gasteiger partial charge in [0, 0.05) is 0 Å². The molecule has 2 heterocycles. The molecule has 0 amide bonds. The van der Waals surface area contributed by atoms with Crippen molar-refractivity contribution >= 4 is 33.3 Å². The Morgan fingerprint density at radius 1 is 1.45 bits per heavy atom. The zero-order chi connectivity index (χ0) is 14.1. The van der Waals surface area contributed by atoms with Crippen LogP contribution < -0.4 is 5.73 Å². The fourth-order valence-electron chi connectivity index (χ4n) is 1.91. The lowest BCUT2D eigenvalue weighted by Crippen LogP contribution is -2.09. The van der Waals surface area contributed by atoms with E-state index in [4.69, 9.17) is 10.5 Å². The molecule has 1 aromatic carbocycles. The van der Waals surface area contributed by atoms with Crippen molar-refractivity contribution in [3.63, 3.8) is 0 Å². The average Bonchev–Trinajstić information content (AvgIpc) is 3.04. The van der Waals surface area contributed by atoms with E-state index in [2.05, 4.69) is 9.97 Å². The number of carbonyl (C=O) groups excluding carboxylic acids is 1. The summed E-state index contributed by atoms with van der Waals surface area (Å²) in [4.78, 5) is 19.9. The summed E-state index contributed by atoms with van der Waals surface area (Å²) in [5, 5.41) is 0. The van der Waals surface area contributed by atoms with Crippen molar-refractivity contribution in [2.75, 3.05) is 12.3 Å². The molecule has 0 aliphatic carbocycles. The van der Waals surface area contributed by atoms with Crippen LogP contribution in [-0.2, 0) is 4.74 Å². The van der Waals surface area contributed by atoms with Crippen molar-refractivity contribution in [2.45, 2.75) is 6.92 Å². The fourth-order valence-corrected chi connectivity index (χ4v) is 2.62. The molecule has 0 saturated carbocycles. The Balaban J connectivity index is 2.03. The minimum Gasteiger partial charge on any atom is -0.461 e. The topological polar surface area (TPSA) is 83.0 Å². The van der Waals surface area contributed by atoms with Gasteiger partial charge in [0.25, 0.3) is 0 Å². The molecule has 2 aromatic heterocycles. The van der Waals surface area contributed by atoms with E-state index in [-0.39, 0.29) is 18.1 Å². The van der Waals surface area contributed by atoms with Gasteiger partial charge in [-0.25, -0.2) is 14.8 Å². The van der Waals surface area contributed by atoms with Crippen LogP contribution in [0.2, 0.25) is 0 Å². The van der Waals surface area contributed by atoms with Crippen LogP contribution in [0.15, 0.2) is 30.0 Å². The number of rotatable bonds is 3. The van der Waals surface area contributed by atoms with Crippen molar-refractivity contribution in [1.29, 1.82) is 0 Å². The highest BCUT2D eigenvalue weighted by Gasteiger charge is 2.17. The molecule has 3 aromatic rings. The molecule has 3 rings (SSSR count). The van der Waals surface area contributed by atoms with E-state index in [9.17, 15) is 4.79 Å². The van der Waals surface area contributed by atoms with Crippen LogP contribution in [0.5, 0.6) is 0 Å². The first-order chi connectivity index (χ1) is 9.70. The van der Waals surface area contributed by atoms with Gasteiger partial charge in [0.2, 0.25) is 0 Å². The standard InChI is InChI=1S/C13H12N4O2S/c1-2-19-13(18)11-12(14)17(6-15-11)8-3-4-9-10(5-8)20-7-16-9/h3-7H,2,14H2,1H3. The van der Waals surface area contributed by atoms with Crippen molar-refractivity contribution in [3.8, 4) is 5.69 Å². The first-order valence-electron chi connectivity index (χ1n) is 6.04. The number of nitrogen functional groups attached to an aromatic ring is 1. The Morgan fingerprint density at radius 2 is 2.30 bits per heavy atom. The van der Waals surface area contributed by atoms with Gasteiger partial charge in [-0.2, -0.15) is 0 Å². The molecule has 0 unspecified atom stereocenters. The number of ether oxygens (including phenoxy) is 1. The summed E-state index contributed by atoms with van der Waals surface area (Å²) in [5.74, 6) is -0.241. The Kier molecular flexibility index (Phi) is 3.11. The number of nitrogens with two attached hydrogens (primary N) is 1. The Morgan fingerprint density at radius 3 is 3.10 bits per heavy atom. The number of nitrogens with zero attached hydrogens (tertiary/aromatic N) is 3.